The van der Waals surface area contributed by atoms with Gasteiger partial charge in [-0.2, -0.15) is 0 Å². The van der Waals surface area contributed by atoms with Crippen LogP contribution in [-0.4, -0.2) is 19.1 Å². The highest BCUT2D eigenvalue weighted by Crippen LogP contribution is 2.31. The average Bonchev–Trinajstić information content (AvgIpc) is 2.32. The van der Waals surface area contributed by atoms with Crippen molar-refractivity contribution in [2.45, 2.75) is 26.8 Å². The Balaban J connectivity index is 2.97. The molecule has 1 amide bonds. The van der Waals surface area contributed by atoms with Crippen molar-refractivity contribution in [2.24, 2.45) is 11.7 Å². The van der Waals surface area contributed by atoms with E-state index in [0.717, 1.165) is 5.56 Å². The lowest BCUT2D eigenvalue weighted by Gasteiger charge is -2.17. The molecule has 0 heterocycles. The molecule has 0 saturated carbocycles. The predicted molar refractivity (Wildman–Crippen MR) is 74.2 cm³/mol. The number of nitrogens with one attached hydrogen (secondary N) is 1. The molecule has 18 heavy (non-hydrogen) atoms. The minimum absolute atomic E-state index is 0.0735. The second-order valence-electron chi connectivity index (χ2n) is 4.56. The van der Waals surface area contributed by atoms with Gasteiger partial charge >= 0.3 is 0 Å². The maximum Gasteiger partial charge on any atom is 0.241 e. The summed E-state index contributed by atoms with van der Waals surface area (Å²) in [5.41, 5.74) is 7.24. The lowest BCUT2D eigenvalue weighted by molar-refractivity contribution is -0.118. The molecular formula is C13H19ClN2O2. The maximum atomic E-state index is 11.9. The van der Waals surface area contributed by atoms with Gasteiger partial charge in [0.25, 0.3) is 0 Å². The third-order valence-electron chi connectivity index (χ3n) is 2.76. The third-order valence-corrected chi connectivity index (χ3v) is 3.17. The van der Waals surface area contributed by atoms with Gasteiger partial charge in [0, 0.05) is 11.1 Å². The molecule has 1 rings (SSSR count). The predicted octanol–water partition coefficient (Wildman–Crippen LogP) is 2.58. The standard InChI is InChI=1S/C13H19ClN2O2/c1-7(2)12(15)13(17)16-10-5-8(3)9(14)6-11(10)18-4/h5-7,12H,15H2,1-4H3,(H,16,17)/t12-/m1/s1. The van der Waals surface area contributed by atoms with E-state index >= 15 is 0 Å². The SMILES string of the molecule is COc1cc(Cl)c(C)cc1NC(=O)[C@H](N)C(C)C. The number of nitrogens with two attached hydrogens (primary N) is 1. The van der Waals surface area contributed by atoms with E-state index < -0.39 is 6.04 Å². The van der Waals surface area contributed by atoms with Crippen LogP contribution in [0, 0.1) is 12.8 Å². The minimum atomic E-state index is -0.550. The first-order valence-corrected chi connectivity index (χ1v) is 6.15. The van der Waals surface area contributed by atoms with E-state index in [1.54, 1.807) is 12.1 Å². The summed E-state index contributed by atoms with van der Waals surface area (Å²) in [6.45, 7) is 5.66. The zero-order chi connectivity index (χ0) is 13.9. The van der Waals surface area contributed by atoms with Crippen LogP contribution in [0.1, 0.15) is 19.4 Å². The van der Waals surface area contributed by atoms with Crippen molar-refractivity contribution in [3.05, 3.63) is 22.7 Å². The smallest absolute Gasteiger partial charge is 0.241 e. The first-order chi connectivity index (χ1) is 8.36. The quantitative estimate of drug-likeness (QED) is 0.884. The van der Waals surface area contributed by atoms with Crippen LogP contribution in [0.3, 0.4) is 0 Å². The summed E-state index contributed by atoms with van der Waals surface area (Å²) in [5.74, 6) is 0.365. The van der Waals surface area contributed by atoms with Crippen molar-refractivity contribution in [1.82, 2.24) is 0 Å². The number of amides is 1. The van der Waals surface area contributed by atoms with Gasteiger partial charge in [-0.3, -0.25) is 4.79 Å². The number of anilines is 1. The Labute approximate surface area is 112 Å². The van der Waals surface area contributed by atoms with Gasteiger partial charge in [0.2, 0.25) is 5.91 Å². The van der Waals surface area contributed by atoms with Gasteiger partial charge in [0.1, 0.15) is 5.75 Å². The molecule has 1 aromatic carbocycles. The molecule has 4 nitrogen and oxygen atoms in total. The van der Waals surface area contributed by atoms with Crippen LogP contribution in [0.15, 0.2) is 12.1 Å². The van der Waals surface area contributed by atoms with E-state index in [9.17, 15) is 4.79 Å². The molecule has 0 bridgehead atoms. The fraction of sp³-hybridized carbons (Fsp3) is 0.462. The number of benzene rings is 1. The summed E-state index contributed by atoms with van der Waals surface area (Å²) in [5, 5.41) is 3.36. The Hall–Kier alpha value is -1.26. The van der Waals surface area contributed by atoms with E-state index in [-0.39, 0.29) is 11.8 Å². The Bertz CT molecular complexity index is 447. The molecular weight excluding hydrogens is 252 g/mol. The Kier molecular flexibility index (Phi) is 4.99. The second-order valence-corrected chi connectivity index (χ2v) is 4.97. The number of methoxy groups -OCH3 is 1. The van der Waals surface area contributed by atoms with Crippen molar-refractivity contribution in [3.63, 3.8) is 0 Å². The zero-order valence-electron chi connectivity index (χ0n) is 11.1. The number of carbonyl (C=O) groups is 1. The van der Waals surface area contributed by atoms with Crippen molar-refractivity contribution >= 4 is 23.2 Å². The highest BCUT2D eigenvalue weighted by atomic mass is 35.5. The van der Waals surface area contributed by atoms with Gasteiger partial charge in [-0.1, -0.05) is 25.4 Å². The van der Waals surface area contributed by atoms with Crippen LogP contribution in [0.4, 0.5) is 5.69 Å². The fourth-order valence-corrected chi connectivity index (χ4v) is 1.60. The highest BCUT2D eigenvalue weighted by molar-refractivity contribution is 6.31. The summed E-state index contributed by atoms with van der Waals surface area (Å²) in [4.78, 5) is 11.9. The van der Waals surface area contributed by atoms with Gasteiger partial charge in [0.15, 0.2) is 0 Å². The molecule has 0 unspecified atom stereocenters. The number of aryl methyl sites for hydroxylation is 1. The van der Waals surface area contributed by atoms with Crippen molar-refractivity contribution in [3.8, 4) is 5.75 Å². The summed E-state index contributed by atoms with van der Waals surface area (Å²) in [6.07, 6.45) is 0. The average molecular weight is 271 g/mol. The molecule has 0 saturated heterocycles. The van der Waals surface area contributed by atoms with E-state index in [2.05, 4.69) is 5.32 Å². The summed E-state index contributed by atoms with van der Waals surface area (Å²) in [7, 11) is 1.53. The van der Waals surface area contributed by atoms with Crippen molar-refractivity contribution in [2.75, 3.05) is 12.4 Å². The van der Waals surface area contributed by atoms with Crippen molar-refractivity contribution < 1.29 is 9.53 Å². The molecule has 100 valence electrons. The zero-order valence-corrected chi connectivity index (χ0v) is 11.8. The number of hydrogen-bond donors (Lipinski definition) is 2. The van der Waals surface area contributed by atoms with Crippen LogP contribution < -0.4 is 15.8 Å². The highest BCUT2D eigenvalue weighted by Gasteiger charge is 2.19. The molecule has 0 aliphatic rings. The van der Waals surface area contributed by atoms with E-state index in [1.165, 1.54) is 7.11 Å². The number of rotatable bonds is 4. The van der Waals surface area contributed by atoms with Gasteiger partial charge < -0.3 is 15.8 Å². The van der Waals surface area contributed by atoms with Crippen LogP contribution in [0.5, 0.6) is 5.75 Å². The van der Waals surface area contributed by atoms with E-state index in [4.69, 9.17) is 22.1 Å². The topological polar surface area (TPSA) is 64.3 Å². The van der Waals surface area contributed by atoms with Gasteiger partial charge in [-0.15, -0.1) is 0 Å². The van der Waals surface area contributed by atoms with Gasteiger partial charge in [0.05, 0.1) is 18.8 Å². The van der Waals surface area contributed by atoms with Crippen molar-refractivity contribution in [1.29, 1.82) is 0 Å². The summed E-state index contributed by atoms with van der Waals surface area (Å²) >= 11 is 6.00. The monoisotopic (exact) mass is 270 g/mol. The number of halogens is 1. The van der Waals surface area contributed by atoms with Crippen LogP contribution in [-0.2, 0) is 4.79 Å². The van der Waals surface area contributed by atoms with Crippen LogP contribution >= 0.6 is 11.6 Å². The molecule has 5 heteroatoms. The minimum Gasteiger partial charge on any atom is -0.495 e. The Morgan fingerprint density at radius 2 is 2.06 bits per heavy atom. The lowest BCUT2D eigenvalue weighted by atomic mass is 10.0. The van der Waals surface area contributed by atoms with E-state index in [1.807, 2.05) is 20.8 Å². The van der Waals surface area contributed by atoms with Crippen LogP contribution in [0.25, 0.3) is 0 Å². The number of carbonyl (C=O) groups excluding carboxylic acids is 1. The second kappa shape index (κ2) is 6.07. The van der Waals surface area contributed by atoms with Crippen LogP contribution in [0.2, 0.25) is 5.02 Å². The normalized spacial score (nSPS) is 12.4. The first-order valence-electron chi connectivity index (χ1n) is 5.77. The number of ether oxygens (including phenoxy) is 1. The molecule has 0 aromatic heterocycles. The Morgan fingerprint density at radius 3 is 2.56 bits per heavy atom. The molecule has 3 N–H and O–H groups in total. The summed E-state index contributed by atoms with van der Waals surface area (Å²) < 4.78 is 5.18. The van der Waals surface area contributed by atoms with Gasteiger partial charge in [-0.25, -0.2) is 0 Å². The molecule has 1 atom stereocenters. The van der Waals surface area contributed by atoms with Gasteiger partial charge in [-0.05, 0) is 24.5 Å². The maximum absolute atomic E-state index is 11.9. The fourth-order valence-electron chi connectivity index (χ4n) is 1.45. The third kappa shape index (κ3) is 3.37. The Morgan fingerprint density at radius 1 is 1.44 bits per heavy atom. The number of hydrogen-bond acceptors (Lipinski definition) is 3. The first kappa shape index (κ1) is 14.8. The molecule has 0 spiro atoms. The lowest BCUT2D eigenvalue weighted by Crippen LogP contribution is -2.39. The molecule has 0 fully saturated rings. The summed E-state index contributed by atoms with van der Waals surface area (Å²) in [6, 6.07) is 2.89. The van der Waals surface area contributed by atoms with E-state index in [0.29, 0.717) is 16.5 Å². The molecule has 0 aliphatic carbocycles. The molecule has 0 aliphatic heterocycles. The molecule has 1 aromatic rings. The molecule has 0 radical (unpaired) electrons. The largest absolute Gasteiger partial charge is 0.495 e.